The van der Waals surface area contributed by atoms with Crippen LogP contribution < -0.4 is 9.47 Å². The number of ether oxygens (including phenoxy) is 2. The number of rotatable bonds is 5. The predicted octanol–water partition coefficient (Wildman–Crippen LogP) is 2.45. The number of benzene rings is 1. The second-order valence-corrected chi connectivity index (χ2v) is 6.09. The number of methoxy groups -OCH3 is 2. The number of nitrogens with zero attached hydrogens (tertiary/aromatic N) is 3. The van der Waals surface area contributed by atoms with Crippen molar-refractivity contribution in [2.75, 3.05) is 27.3 Å². The van der Waals surface area contributed by atoms with Crippen molar-refractivity contribution < 1.29 is 18.8 Å². The van der Waals surface area contributed by atoms with E-state index in [9.17, 15) is 4.79 Å². The molecule has 1 aliphatic heterocycles. The third kappa shape index (κ3) is 2.81. The molecule has 0 aliphatic carbocycles. The van der Waals surface area contributed by atoms with E-state index >= 15 is 0 Å². The van der Waals surface area contributed by atoms with Gasteiger partial charge in [-0.1, -0.05) is 25.1 Å². The minimum atomic E-state index is -0.0920. The molecule has 1 fully saturated rings. The Morgan fingerprint density at radius 1 is 1.29 bits per heavy atom. The van der Waals surface area contributed by atoms with Gasteiger partial charge in [0.15, 0.2) is 17.3 Å². The zero-order valence-corrected chi connectivity index (χ0v) is 14.3. The smallest absolute Gasteiger partial charge is 0.257 e. The molecule has 0 atom stereocenters. The van der Waals surface area contributed by atoms with E-state index < -0.39 is 0 Å². The number of para-hydroxylation sites is 1. The second kappa shape index (κ2) is 6.51. The Balaban J connectivity index is 1.70. The van der Waals surface area contributed by atoms with E-state index in [0.717, 1.165) is 0 Å². The average molecular weight is 331 g/mol. The van der Waals surface area contributed by atoms with Crippen molar-refractivity contribution in [1.29, 1.82) is 0 Å². The Labute approximate surface area is 140 Å². The monoisotopic (exact) mass is 331 g/mol. The molecule has 0 saturated carbocycles. The Bertz CT molecular complexity index is 735. The van der Waals surface area contributed by atoms with Crippen LogP contribution in [0.1, 0.15) is 47.8 Å². The van der Waals surface area contributed by atoms with Crippen LogP contribution in [0.2, 0.25) is 0 Å². The molecule has 7 nitrogen and oxygen atoms in total. The molecule has 1 aliphatic rings. The highest BCUT2D eigenvalue weighted by Gasteiger charge is 2.37. The van der Waals surface area contributed by atoms with E-state index in [2.05, 4.69) is 10.1 Å². The highest BCUT2D eigenvalue weighted by molar-refractivity contribution is 5.98. The molecule has 0 N–H and O–H groups in total. The Hall–Kier alpha value is -2.57. The van der Waals surface area contributed by atoms with Crippen LogP contribution in [-0.4, -0.2) is 48.3 Å². The third-order valence-corrected chi connectivity index (χ3v) is 4.13. The third-order valence-electron chi connectivity index (χ3n) is 4.13. The summed E-state index contributed by atoms with van der Waals surface area (Å²) in [5, 5.41) is 3.97. The van der Waals surface area contributed by atoms with Gasteiger partial charge in [0.1, 0.15) is 0 Å². The summed E-state index contributed by atoms with van der Waals surface area (Å²) in [4.78, 5) is 18.8. The fourth-order valence-electron chi connectivity index (χ4n) is 2.67. The van der Waals surface area contributed by atoms with E-state index in [1.807, 2.05) is 13.8 Å². The molecule has 0 spiro atoms. The largest absolute Gasteiger partial charge is 0.493 e. The molecule has 7 heteroatoms. The molecule has 1 aromatic carbocycles. The van der Waals surface area contributed by atoms with Crippen molar-refractivity contribution >= 4 is 5.91 Å². The maximum atomic E-state index is 12.7. The lowest BCUT2D eigenvalue weighted by Gasteiger charge is -2.37. The van der Waals surface area contributed by atoms with Gasteiger partial charge < -0.3 is 18.9 Å². The maximum absolute atomic E-state index is 12.7. The number of hydrogen-bond donors (Lipinski definition) is 0. The molecule has 2 heterocycles. The Kier molecular flexibility index (Phi) is 4.42. The second-order valence-electron chi connectivity index (χ2n) is 6.09. The zero-order chi connectivity index (χ0) is 17.3. The number of likely N-dealkylation sites (tertiary alicyclic amines) is 1. The van der Waals surface area contributed by atoms with Crippen LogP contribution in [0.15, 0.2) is 22.7 Å². The maximum Gasteiger partial charge on any atom is 0.257 e. The van der Waals surface area contributed by atoms with E-state index in [0.29, 0.717) is 41.9 Å². The molecule has 24 heavy (non-hydrogen) atoms. The molecular weight excluding hydrogens is 310 g/mol. The van der Waals surface area contributed by atoms with E-state index in [1.54, 1.807) is 30.2 Å². The summed E-state index contributed by atoms with van der Waals surface area (Å²) in [5.74, 6) is 2.51. The molecule has 0 radical (unpaired) electrons. The van der Waals surface area contributed by atoms with Gasteiger partial charge in [0.2, 0.25) is 5.89 Å². The van der Waals surface area contributed by atoms with Gasteiger partial charge in [0.05, 0.1) is 25.7 Å². The summed E-state index contributed by atoms with van der Waals surface area (Å²) in [6.07, 6.45) is 0. The highest BCUT2D eigenvalue weighted by Crippen LogP contribution is 2.34. The van der Waals surface area contributed by atoms with E-state index in [-0.39, 0.29) is 17.7 Å². The van der Waals surface area contributed by atoms with Gasteiger partial charge in [-0.15, -0.1) is 0 Å². The number of hydrogen-bond acceptors (Lipinski definition) is 6. The van der Waals surface area contributed by atoms with Crippen molar-refractivity contribution in [3.8, 4) is 11.5 Å². The minimum Gasteiger partial charge on any atom is -0.493 e. The van der Waals surface area contributed by atoms with Crippen LogP contribution in [0.3, 0.4) is 0 Å². The molecule has 128 valence electrons. The molecular formula is C17H21N3O4. The van der Waals surface area contributed by atoms with Gasteiger partial charge >= 0.3 is 0 Å². The molecule has 1 saturated heterocycles. The summed E-state index contributed by atoms with van der Waals surface area (Å²) in [6.45, 7) is 5.14. The fourth-order valence-corrected chi connectivity index (χ4v) is 2.67. The van der Waals surface area contributed by atoms with E-state index in [1.165, 1.54) is 7.11 Å². The van der Waals surface area contributed by atoms with Crippen LogP contribution in [0.4, 0.5) is 0 Å². The normalized spacial score (nSPS) is 14.6. The summed E-state index contributed by atoms with van der Waals surface area (Å²) >= 11 is 0. The van der Waals surface area contributed by atoms with Gasteiger partial charge in [-0.3, -0.25) is 4.79 Å². The predicted molar refractivity (Wildman–Crippen MR) is 86.6 cm³/mol. The first kappa shape index (κ1) is 16.3. The first-order valence-corrected chi connectivity index (χ1v) is 7.89. The van der Waals surface area contributed by atoms with Crippen LogP contribution in [0, 0.1) is 0 Å². The number of amides is 1. The lowest BCUT2D eigenvalue weighted by Crippen LogP contribution is -2.48. The van der Waals surface area contributed by atoms with Crippen molar-refractivity contribution in [3.05, 3.63) is 35.5 Å². The zero-order valence-electron chi connectivity index (χ0n) is 14.3. The van der Waals surface area contributed by atoms with Crippen LogP contribution in [-0.2, 0) is 0 Å². The van der Waals surface area contributed by atoms with Crippen LogP contribution >= 0.6 is 0 Å². The first-order chi connectivity index (χ1) is 11.5. The molecule has 2 aromatic rings. The summed E-state index contributed by atoms with van der Waals surface area (Å²) in [5.41, 5.74) is 0.490. The first-order valence-electron chi connectivity index (χ1n) is 7.89. The minimum absolute atomic E-state index is 0.0885. The van der Waals surface area contributed by atoms with Gasteiger partial charge in [-0.05, 0) is 12.1 Å². The molecule has 0 unspecified atom stereocenters. The summed E-state index contributed by atoms with van der Waals surface area (Å²) in [6, 6.07) is 5.28. The fraction of sp³-hybridized carbons (Fsp3) is 0.471. The van der Waals surface area contributed by atoms with Gasteiger partial charge in [-0.2, -0.15) is 4.98 Å². The summed E-state index contributed by atoms with van der Waals surface area (Å²) in [7, 11) is 3.08. The van der Waals surface area contributed by atoms with Crippen molar-refractivity contribution in [2.45, 2.75) is 25.7 Å². The number of carbonyl (C=O) groups excluding carboxylic acids is 1. The lowest BCUT2D eigenvalue weighted by molar-refractivity contribution is 0.0565. The molecule has 1 amide bonds. The topological polar surface area (TPSA) is 77.7 Å². The van der Waals surface area contributed by atoms with Gasteiger partial charge in [0, 0.05) is 19.0 Å². The highest BCUT2D eigenvalue weighted by atomic mass is 16.5. The van der Waals surface area contributed by atoms with Crippen LogP contribution in [0.5, 0.6) is 11.5 Å². The molecule has 1 aromatic heterocycles. The average Bonchev–Trinajstić information content (AvgIpc) is 3.02. The quantitative estimate of drug-likeness (QED) is 0.837. The van der Waals surface area contributed by atoms with Gasteiger partial charge in [-0.25, -0.2) is 0 Å². The number of carbonyl (C=O) groups is 1. The number of aromatic nitrogens is 2. The SMILES string of the molecule is COc1cccc(C(=O)N2CC(c3nc(C(C)C)no3)C2)c1OC. The Morgan fingerprint density at radius 3 is 2.62 bits per heavy atom. The summed E-state index contributed by atoms with van der Waals surface area (Å²) < 4.78 is 15.9. The lowest BCUT2D eigenvalue weighted by atomic mass is 9.98. The van der Waals surface area contributed by atoms with Crippen molar-refractivity contribution in [2.24, 2.45) is 0 Å². The van der Waals surface area contributed by atoms with Gasteiger partial charge in [0.25, 0.3) is 5.91 Å². The van der Waals surface area contributed by atoms with Crippen LogP contribution in [0.25, 0.3) is 0 Å². The Morgan fingerprint density at radius 2 is 2.04 bits per heavy atom. The molecule has 0 bridgehead atoms. The van der Waals surface area contributed by atoms with Crippen molar-refractivity contribution in [3.63, 3.8) is 0 Å². The standard InChI is InChI=1S/C17H21N3O4/c1-10(2)15-18-16(24-19-15)11-8-20(9-11)17(21)12-6-5-7-13(22-3)14(12)23-4/h5-7,10-11H,8-9H2,1-4H3. The van der Waals surface area contributed by atoms with E-state index in [4.69, 9.17) is 14.0 Å². The van der Waals surface area contributed by atoms with Crippen molar-refractivity contribution in [1.82, 2.24) is 15.0 Å². The molecule has 3 rings (SSSR count).